The van der Waals surface area contributed by atoms with Gasteiger partial charge in [0.05, 0.1) is 11.9 Å². The fraction of sp³-hybridized carbons (Fsp3) is 0.0625. The van der Waals surface area contributed by atoms with Crippen LogP contribution in [0.2, 0.25) is 5.02 Å². The fourth-order valence-electron chi connectivity index (χ4n) is 1.95. The number of hydrogen-bond acceptors (Lipinski definition) is 1. The van der Waals surface area contributed by atoms with Gasteiger partial charge in [0.25, 0.3) is 0 Å². The number of rotatable bonds is 2. The molecule has 0 N–H and O–H groups in total. The second-order valence-corrected chi connectivity index (χ2v) is 4.95. The van der Waals surface area contributed by atoms with Crippen LogP contribution >= 0.6 is 11.6 Å². The van der Waals surface area contributed by atoms with Gasteiger partial charge in [0, 0.05) is 16.8 Å². The highest BCUT2D eigenvalue weighted by atomic mass is 35.5. The molecule has 94 valence electrons. The molecule has 0 saturated heterocycles. The first-order valence-corrected chi connectivity index (χ1v) is 6.48. The number of hydrogen-bond donors (Lipinski definition) is 0. The van der Waals surface area contributed by atoms with Crippen molar-refractivity contribution in [3.05, 3.63) is 71.5 Å². The van der Waals surface area contributed by atoms with Crippen molar-refractivity contribution < 1.29 is 0 Å². The predicted molar refractivity (Wildman–Crippen MR) is 78.7 cm³/mol. The Bertz CT molecular complexity index is 622. The van der Waals surface area contributed by atoms with E-state index in [4.69, 9.17) is 11.6 Å². The summed E-state index contributed by atoms with van der Waals surface area (Å²) in [5.41, 5.74) is 4.50. The molecule has 2 aromatic carbocycles. The minimum Gasteiger partial charge on any atom is -0.240 e. The molecule has 3 rings (SSSR count). The quantitative estimate of drug-likeness (QED) is 0.669. The van der Waals surface area contributed by atoms with Crippen molar-refractivity contribution in [3.63, 3.8) is 0 Å². The molecule has 2 nitrogen and oxygen atoms in total. The van der Waals surface area contributed by atoms with Gasteiger partial charge in [0.1, 0.15) is 0 Å². The molecule has 0 bridgehead atoms. The zero-order valence-corrected chi connectivity index (χ0v) is 11.3. The Morgan fingerprint density at radius 3 is 2.26 bits per heavy atom. The molecule has 0 spiro atoms. The molecule has 0 fully saturated rings. The minimum absolute atomic E-state index is 0.745. The smallest absolute Gasteiger partial charge is 0.0645 e. The molecule has 19 heavy (non-hydrogen) atoms. The maximum atomic E-state index is 5.89. The third-order valence-electron chi connectivity index (χ3n) is 3.06. The van der Waals surface area contributed by atoms with Crippen molar-refractivity contribution >= 4 is 11.6 Å². The maximum absolute atomic E-state index is 5.89. The van der Waals surface area contributed by atoms with Crippen LogP contribution in [-0.4, -0.2) is 9.78 Å². The van der Waals surface area contributed by atoms with Crippen molar-refractivity contribution in [2.45, 2.75) is 6.92 Å². The van der Waals surface area contributed by atoms with E-state index in [1.54, 1.807) is 0 Å². The van der Waals surface area contributed by atoms with Crippen LogP contribution in [0, 0.1) is 6.92 Å². The molecule has 0 unspecified atom stereocenters. The van der Waals surface area contributed by atoms with Crippen molar-refractivity contribution in [1.29, 1.82) is 0 Å². The lowest BCUT2D eigenvalue weighted by Crippen LogP contribution is -1.93. The first-order chi connectivity index (χ1) is 9.22. The lowest BCUT2D eigenvalue weighted by Gasteiger charge is -2.01. The molecule has 3 aromatic rings. The Balaban J connectivity index is 1.95. The zero-order valence-electron chi connectivity index (χ0n) is 10.5. The normalized spacial score (nSPS) is 10.6. The summed E-state index contributed by atoms with van der Waals surface area (Å²) in [5.74, 6) is 0. The van der Waals surface area contributed by atoms with Crippen LogP contribution in [-0.2, 0) is 0 Å². The van der Waals surface area contributed by atoms with E-state index in [1.807, 2.05) is 41.3 Å². The average molecular weight is 269 g/mol. The van der Waals surface area contributed by atoms with E-state index < -0.39 is 0 Å². The van der Waals surface area contributed by atoms with Gasteiger partial charge in [-0.05, 0) is 36.8 Å². The Hall–Kier alpha value is -2.06. The number of aromatic nitrogens is 2. The molecule has 3 heteroatoms. The highest BCUT2D eigenvalue weighted by Gasteiger charge is 2.03. The molecule has 1 aromatic heterocycles. The molecule has 0 radical (unpaired) electrons. The summed E-state index contributed by atoms with van der Waals surface area (Å²) in [4.78, 5) is 0. The van der Waals surface area contributed by atoms with E-state index in [0.717, 1.165) is 21.8 Å². The molecule has 1 heterocycles. The Labute approximate surface area is 117 Å². The van der Waals surface area contributed by atoms with E-state index in [-0.39, 0.29) is 0 Å². The Morgan fingerprint density at radius 2 is 1.58 bits per heavy atom. The van der Waals surface area contributed by atoms with Gasteiger partial charge in [-0.2, -0.15) is 5.10 Å². The lowest BCUT2D eigenvalue weighted by molar-refractivity contribution is 0.880. The first kappa shape index (κ1) is 12.0. The summed E-state index contributed by atoms with van der Waals surface area (Å²) in [6.07, 6.45) is 3.89. The molecular weight excluding hydrogens is 256 g/mol. The van der Waals surface area contributed by atoms with E-state index >= 15 is 0 Å². The van der Waals surface area contributed by atoms with Gasteiger partial charge in [-0.1, -0.05) is 41.4 Å². The molecule has 0 aliphatic heterocycles. The molecule has 0 saturated carbocycles. The predicted octanol–water partition coefficient (Wildman–Crippen LogP) is 4.50. The van der Waals surface area contributed by atoms with E-state index in [1.165, 1.54) is 5.56 Å². The standard InChI is InChI=1S/C16H13ClN2/c1-12-2-8-16(9-3-12)19-11-14(10-18-19)13-4-6-15(17)7-5-13/h2-11H,1H3. The summed E-state index contributed by atoms with van der Waals surface area (Å²) >= 11 is 5.89. The number of benzene rings is 2. The summed E-state index contributed by atoms with van der Waals surface area (Å²) in [6.45, 7) is 2.08. The molecule has 0 aliphatic rings. The van der Waals surface area contributed by atoms with Crippen LogP contribution in [0.15, 0.2) is 60.9 Å². The van der Waals surface area contributed by atoms with Gasteiger partial charge in [0.15, 0.2) is 0 Å². The third-order valence-corrected chi connectivity index (χ3v) is 3.31. The molecular formula is C16H13ClN2. The average Bonchev–Trinajstić information content (AvgIpc) is 2.90. The van der Waals surface area contributed by atoms with Crippen LogP contribution in [0.25, 0.3) is 16.8 Å². The second kappa shape index (κ2) is 4.90. The van der Waals surface area contributed by atoms with Crippen LogP contribution in [0.1, 0.15) is 5.56 Å². The van der Waals surface area contributed by atoms with E-state index in [2.05, 4.69) is 36.3 Å². The topological polar surface area (TPSA) is 17.8 Å². The summed E-state index contributed by atoms with van der Waals surface area (Å²) < 4.78 is 1.88. The molecule has 0 amide bonds. The second-order valence-electron chi connectivity index (χ2n) is 4.52. The molecule has 0 aliphatic carbocycles. The fourth-order valence-corrected chi connectivity index (χ4v) is 2.08. The van der Waals surface area contributed by atoms with Gasteiger partial charge >= 0.3 is 0 Å². The van der Waals surface area contributed by atoms with E-state index in [0.29, 0.717) is 0 Å². The minimum atomic E-state index is 0.745. The number of nitrogens with zero attached hydrogens (tertiary/aromatic N) is 2. The van der Waals surface area contributed by atoms with Crippen molar-refractivity contribution in [3.8, 4) is 16.8 Å². The van der Waals surface area contributed by atoms with Gasteiger partial charge in [-0.15, -0.1) is 0 Å². The highest BCUT2D eigenvalue weighted by molar-refractivity contribution is 6.30. The highest BCUT2D eigenvalue weighted by Crippen LogP contribution is 2.22. The number of aryl methyl sites for hydroxylation is 1. The van der Waals surface area contributed by atoms with Crippen molar-refractivity contribution in [2.75, 3.05) is 0 Å². The van der Waals surface area contributed by atoms with Gasteiger partial charge in [-0.25, -0.2) is 4.68 Å². The molecule has 0 atom stereocenters. The Morgan fingerprint density at radius 1 is 0.895 bits per heavy atom. The van der Waals surface area contributed by atoms with Crippen LogP contribution in [0.4, 0.5) is 0 Å². The lowest BCUT2D eigenvalue weighted by atomic mass is 10.1. The largest absolute Gasteiger partial charge is 0.240 e. The van der Waals surface area contributed by atoms with Crippen LogP contribution < -0.4 is 0 Å². The van der Waals surface area contributed by atoms with Crippen molar-refractivity contribution in [2.24, 2.45) is 0 Å². The maximum Gasteiger partial charge on any atom is 0.0645 e. The van der Waals surface area contributed by atoms with E-state index in [9.17, 15) is 0 Å². The van der Waals surface area contributed by atoms with Gasteiger partial charge in [-0.3, -0.25) is 0 Å². The van der Waals surface area contributed by atoms with Gasteiger partial charge < -0.3 is 0 Å². The summed E-state index contributed by atoms with van der Waals surface area (Å²) in [7, 11) is 0. The number of halogens is 1. The van der Waals surface area contributed by atoms with Crippen molar-refractivity contribution in [1.82, 2.24) is 9.78 Å². The SMILES string of the molecule is Cc1ccc(-n2cc(-c3ccc(Cl)cc3)cn2)cc1. The first-order valence-electron chi connectivity index (χ1n) is 6.10. The van der Waals surface area contributed by atoms with Gasteiger partial charge in [0.2, 0.25) is 0 Å². The van der Waals surface area contributed by atoms with Crippen LogP contribution in [0.3, 0.4) is 0 Å². The monoisotopic (exact) mass is 268 g/mol. The third kappa shape index (κ3) is 2.54. The van der Waals surface area contributed by atoms with Crippen LogP contribution in [0.5, 0.6) is 0 Å². The summed E-state index contributed by atoms with van der Waals surface area (Å²) in [6, 6.07) is 16.1. The summed E-state index contributed by atoms with van der Waals surface area (Å²) in [5, 5.41) is 5.14. The Kier molecular flexibility index (Phi) is 3.10. The zero-order chi connectivity index (χ0) is 13.2.